The summed E-state index contributed by atoms with van der Waals surface area (Å²) in [4.78, 5) is 22.9. The Morgan fingerprint density at radius 3 is 2.11 bits per heavy atom. The van der Waals surface area contributed by atoms with Crippen LogP contribution in [0.3, 0.4) is 0 Å². The molecule has 1 unspecified atom stereocenters. The SMILES string of the molecule is CNC(=O)C(C)(Cc1ccc(CO)cc1)C(=O)O. The number of aliphatic hydroxyl groups excluding tert-OH is 1. The third kappa shape index (κ3) is 2.87. The van der Waals surface area contributed by atoms with Crippen LogP contribution in [-0.2, 0) is 22.6 Å². The quantitative estimate of drug-likeness (QED) is 0.667. The maximum atomic E-state index is 11.7. The minimum atomic E-state index is -1.49. The van der Waals surface area contributed by atoms with Gasteiger partial charge >= 0.3 is 5.97 Å². The van der Waals surface area contributed by atoms with Crippen molar-refractivity contribution in [1.82, 2.24) is 5.32 Å². The Balaban J connectivity index is 2.96. The van der Waals surface area contributed by atoms with E-state index in [1.165, 1.54) is 14.0 Å². The maximum Gasteiger partial charge on any atom is 0.319 e. The van der Waals surface area contributed by atoms with E-state index < -0.39 is 17.3 Å². The van der Waals surface area contributed by atoms with Crippen molar-refractivity contribution in [2.75, 3.05) is 7.05 Å². The monoisotopic (exact) mass is 251 g/mol. The zero-order valence-electron chi connectivity index (χ0n) is 10.4. The van der Waals surface area contributed by atoms with Gasteiger partial charge in [-0.2, -0.15) is 0 Å². The van der Waals surface area contributed by atoms with Crippen LogP contribution >= 0.6 is 0 Å². The molecule has 0 spiro atoms. The average Bonchev–Trinajstić information content (AvgIpc) is 2.38. The van der Waals surface area contributed by atoms with Gasteiger partial charge in [-0.3, -0.25) is 9.59 Å². The smallest absolute Gasteiger partial charge is 0.319 e. The first-order chi connectivity index (χ1) is 8.43. The van der Waals surface area contributed by atoms with Gasteiger partial charge in [0.25, 0.3) is 0 Å². The molecule has 0 aliphatic carbocycles. The Morgan fingerprint density at radius 1 is 1.22 bits per heavy atom. The molecule has 5 nitrogen and oxygen atoms in total. The number of aliphatic carboxylic acids is 1. The molecular weight excluding hydrogens is 234 g/mol. The molecule has 98 valence electrons. The fourth-order valence-corrected chi connectivity index (χ4v) is 1.70. The zero-order chi connectivity index (χ0) is 13.8. The summed E-state index contributed by atoms with van der Waals surface area (Å²) < 4.78 is 0. The number of carbonyl (C=O) groups is 2. The lowest BCUT2D eigenvalue weighted by molar-refractivity contribution is -0.154. The van der Waals surface area contributed by atoms with E-state index in [2.05, 4.69) is 5.32 Å². The summed E-state index contributed by atoms with van der Waals surface area (Å²) in [6.45, 7) is 1.33. The van der Waals surface area contributed by atoms with E-state index in [9.17, 15) is 14.7 Å². The fourth-order valence-electron chi connectivity index (χ4n) is 1.70. The number of nitrogens with one attached hydrogen (secondary N) is 1. The van der Waals surface area contributed by atoms with E-state index in [-0.39, 0.29) is 13.0 Å². The average molecular weight is 251 g/mol. The highest BCUT2D eigenvalue weighted by molar-refractivity contribution is 6.01. The highest BCUT2D eigenvalue weighted by Gasteiger charge is 2.40. The Labute approximate surface area is 105 Å². The van der Waals surface area contributed by atoms with E-state index >= 15 is 0 Å². The van der Waals surface area contributed by atoms with E-state index in [1.54, 1.807) is 24.3 Å². The molecule has 3 N–H and O–H groups in total. The molecule has 0 saturated carbocycles. The predicted octanol–water partition coefficient (Wildman–Crippen LogP) is 0.558. The second-order valence-corrected chi connectivity index (χ2v) is 4.37. The summed E-state index contributed by atoms with van der Waals surface area (Å²) in [7, 11) is 1.42. The molecule has 1 aromatic rings. The standard InChI is InChI=1S/C13H17NO4/c1-13(12(17)18,11(16)14-2)7-9-3-5-10(8-15)6-4-9/h3-6,15H,7-8H2,1-2H3,(H,14,16)(H,17,18). The van der Waals surface area contributed by atoms with Gasteiger partial charge in [-0.05, 0) is 24.5 Å². The maximum absolute atomic E-state index is 11.7. The highest BCUT2D eigenvalue weighted by Crippen LogP contribution is 2.23. The third-order valence-corrected chi connectivity index (χ3v) is 2.96. The van der Waals surface area contributed by atoms with Gasteiger partial charge in [-0.15, -0.1) is 0 Å². The second kappa shape index (κ2) is 5.64. The Hall–Kier alpha value is -1.88. The second-order valence-electron chi connectivity index (χ2n) is 4.37. The van der Waals surface area contributed by atoms with Crippen molar-refractivity contribution in [3.8, 4) is 0 Å². The van der Waals surface area contributed by atoms with E-state index in [0.717, 1.165) is 11.1 Å². The Kier molecular flexibility index (Phi) is 4.44. The van der Waals surface area contributed by atoms with Crippen LogP contribution in [0.1, 0.15) is 18.1 Å². The van der Waals surface area contributed by atoms with Crippen molar-refractivity contribution < 1.29 is 19.8 Å². The molecule has 0 aliphatic rings. The number of carbonyl (C=O) groups excluding carboxylic acids is 1. The lowest BCUT2D eigenvalue weighted by atomic mass is 9.82. The van der Waals surface area contributed by atoms with Crippen LogP contribution in [0, 0.1) is 5.41 Å². The molecule has 0 heterocycles. The summed E-state index contributed by atoms with van der Waals surface area (Å²) in [6, 6.07) is 6.86. The molecule has 1 atom stereocenters. The van der Waals surface area contributed by atoms with Crippen LogP contribution in [0.25, 0.3) is 0 Å². The molecule has 0 bridgehead atoms. The van der Waals surface area contributed by atoms with Crippen LogP contribution in [-0.4, -0.2) is 29.1 Å². The molecule has 1 amide bonds. The van der Waals surface area contributed by atoms with Crippen LogP contribution in [0.2, 0.25) is 0 Å². The van der Waals surface area contributed by atoms with Crippen molar-refractivity contribution in [2.24, 2.45) is 5.41 Å². The molecule has 0 saturated heterocycles. The van der Waals surface area contributed by atoms with E-state index in [1.807, 2.05) is 0 Å². The van der Waals surface area contributed by atoms with Gasteiger partial charge in [0.15, 0.2) is 0 Å². The van der Waals surface area contributed by atoms with E-state index in [0.29, 0.717) is 0 Å². The van der Waals surface area contributed by atoms with Crippen LogP contribution < -0.4 is 5.32 Å². The molecule has 18 heavy (non-hydrogen) atoms. The minimum Gasteiger partial charge on any atom is -0.480 e. The molecule has 0 aromatic heterocycles. The summed E-state index contributed by atoms with van der Waals surface area (Å²) >= 11 is 0. The molecule has 0 aliphatic heterocycles. The van der Waals surface area contributed by atoms with Gasteiger partial charge < -0.3 is 15.5 Å². The number of amides is 1. The topological polar surface area (TPSA) is 86.6 Å². The number of benzene rings is 1. The molecule has 0 fully saturated rings. The minimum absolute atomic E-state index is 0.0636. The lowest BCUT2D eigenvalue weighted by Gasteiger charge is -2.22. The van der Waals surface area contributed by atoms with Crippen molar-refractivity contribution in [3.63, 3.8) is 0 Å². The number of hydrogen-bond acceptors (Lipinski definition) is 3. The van der Waals surface area contributed by atoms with Crippen molar-refractivity contribution >= 4 is 11.9 Å². The normalized spacial score (nSPS) is 13.7. The van der Waals surface area contributed by atoms with Crippen molar-refractivity contribution in [2.45, 2.75) is 20.0 Å². The van der Waals surface area contributed by atoms with Gasteiger partial charge in [-0.25, -0.2) is 0 Å². The van der Waals surface area contributed by atoms with Crippen molar-refractivity contribution in [3.05, 3.63) is 35.4 Å². The van der Waals surface area contributed by atoms with Gasteiger partial charge in [0.1, 0.15) is 5.41 Å². The number of carboxylic acids is 1. The fraction of sp³-hybridized carbons (Fsp3) is 0.385. The largest absolute Gasteiger partial charge is 0.480 e. The Morgan fingerprint density at radius 2 is 1.72 bits per heavy atom. The predicted molar refractivity (Wildman–Crippen MR) is 65.9 cm³/mol. The number of hydrogen-bond donors (Lipinski definition) is 3. The van der Waals surface area contributed by atoms with Crippen LogP contribution in [0.15, 0.2) is 24.3 Å². The summed E-state index contributed by atoms with van der Waals surface area (Å²) in [5, 5.41) is 20.5. The highest BCUT2D eigenvalue weighted by atomic mass is 16.4. The summed E-state index contributed by atoms with van der Waals surface area (Å²) in [5.74, 6) is -1.69. The first kappa shape index (κ1) is 14.2. The molecule has 1 rings (SSSR count). The first-order valence-corrected chi connectivity index (χ1v) is 5.58. The number of carboxylic acid groups (broad SMARTS) is 1. The first-order valence-electron chi connectivity index (χ1n) is 5.58. The van der Waals surface area contributed by atoms with Gasteiger partial charge in [0, 0.05) is 7.05 Å². The van der Waals surface area contributed by atoms with Gasteiger partial charge in [0.2, 0.25) is 5.91 Å². The molecular formula is C13H17NO4. The number of rotatable bonds is 5. The summed E-state index contributed by atoms with van der Waals surface area (Å²) in [5.41, 5.74) is -0.00780. The van der Waals surface area contributed by atoms with Crippen LogP contribution in [0.4, 0.5) is 0 Å². The zero-order valence-corrected chi connectivity index (χ0v) is 10.4. The summed E-state index contributed by atoms with van der Waals surface area (Å²) in [6.07, 6.45) is 0.105. The Bertz CT molecular complexity index is 441. The van der Waals surface area contributed by atoms with Crippen LogP contribution in [0.5, 0.6) is 0 Å². The number of aliphatic hydroxyl groups is 1. The molecule has 1 aromatic carbocycles. The van der Waals surface area contributed by atoms with Gasteiger partial charge in [0.05, 0.1) is 6.61 Å². The lowest BCUT2D eigenvalue weighted by Crippen LogP contribution is -2.44. The van der Waals surface area contributed by atoms with Crippen molar-refractivity contribution in [1.29, 1.82) is 0 Å². The van der Waals surface area contributed by atoms with E-state index in [4.69, 9.17) is 5.11 Å². The third-order valence-electron chi connectivity index (χ3n) is 2.96. The van der Waals surface area contributed by atoms with Gasteiger partial charge in [-0.1, -0.05) is 24.3 Å². The molecule has 0 radical (unpaired) electrons. The molecule has 5 heteroatoms.